The summed E-state index contributed by atoms with van der Waals surface area (Å²) in [5, 5.41) is 0. The van der Waals surface area contributed by atoms with Gasteiger partial charge in [-0.05, 0) is 13.3 Å². The minimum absolute atomic E-state index is 0. The van der Waals surface area contributed by atoms with Gasteiger partial charge in [0, 0.05) is 0 Å². The first kappa shape index (κ1) is 11.9. The molecule has 1 unspecified atom stereocenters. The molecule has 0 bridgehead atoms. The summed E-state index contributed by atoms with van der Waals surface area (Å²) in [6.45, 7) is 2.99. The lowest BCUT2D eigenvalue weighted by Crippen LogP contribution is -2.42. The van der Waals surface area contributed by atoms with Crippen molar-refractivity contribution in [1.29, 1.82) is 0 Å². The largest absolute Gasteiger partial charge is 0.321 e. The van der Waals surface area contributed by atoms with E-state index < -0.39 is 12.0 Å². The molecule has 0 saturated heterocycles. The Balaban J connectivity index is 0. The van der Waals surface area contributed by atoms with Crippen molar-refractivity contribution in [2.45, 2.75) is 32.2 Å². The summed E-state index contributed by atoms with van der Waals surface area (Å²) in [6.07, 6.45) is -2.10. The molecule has 0 aromatic carbocycles. The van der Waals surface area contributed by atoms with Crippen molar-refractivity contribution in [2.24, 2.45) is 5.73 Å². The monoisotopic (exact) mass is 159 g/mol. The summed E-state index contributed by atoms with van der Waals surface area (Å²) in [6, 6.07) is 0. The fraction of sp³-hybridized carbons (Fsp3) is 1.00. The Morgan fingerprint density at radius 1 is 1.56 bits per heavy atom. The van der Waals surface area contributed by atoms with E-state index >= 15 is 0 Å². The smallest absolute Gasteiger partial charge is 0.255 e. The van der Waals surface area contributed by atoms with Gasteiger partial charge in [-0.3, -0.25) is 0 Å². The highest BCUT2D eigenvalue weighted by molar-refractivity contribution is 5.85. The van der Waals surface area contributed by atoms with Crippen LogP contribution in [0.1, 0.15) is 20.3 Å². The normalized spacial score (nSPS) is 16.7. The molecular weight excluding hydrogens is 148 g/mol. The zero-order valence-corrected chi connectivity index (χ0v) is 6.34. The number of alkyl halides is 2. The molecule has 0 aliphatic heterocycles. The minimum Gasteiger partial charge on any atom is -0.321 e. The van der Waals surface area contributed by atoms with E-state index in [1.807, 2.05) is 0 Å². The van der Waals surface area contributed by atoms with E-state index in [4.69, 9.17) is 5.73 Å². The van der Waals surface area contributed by atoms with Crippen LogP contribution in [0, 0.1) is 0 Å². The molecule has 0 fully saturated rings. The van der Waals surface area contributed by atoms with Gasteiger partial charge in [-0.15, -0.1) is 12.4 Å². The molecule has 0 amide bonds. The first-order valence-electron chi connectivity index (χ1n) is 2.57. The van der Waals surface area contributed by atoms with Crippen LogP contribution >= 0.6 is 12.4 Å². The Hall–Kier alpha value is 0.110. The highest BCUT2D eigenvalue weighted by Crippen LogP contribution is 2.14. The molecule has 1 atom stereocenters. The molecule has 0 aliphatic carbocycles. The molecule has 0 heterocycles. The molecular formula is C5H12ClF2N. The molecule has 0 aromatic heterocycles. The average molecular weight is 160 g/mol. The van der Waals surface area contributed by atoms with Crippen molar-refractivity contribution in [1.82, 2.24) is 0 Å². The van der Waals surface area contributed by atoms with Crippen LogP contribution in [0.4, 0.5) is 8.78 Å². The average Bonchev–Trinajstić information content (AvgIpc) is 1.67. The van der Waals surface area contributed by atoms with E-state index in [-0.39, 0.29) is 12.4 Å². The van der Waals surface area contributed by atoms with E-state index in [0.29, 0.717) is 6.42 Å². The van der Waals surface area contributed by atoms with Gasteiger partial charge < -0.3 is 5.73 Å². The van der Waals surface area contributed by atoms with Crippen LogP contribution in [0.5, 0.6) is 0 Å². The number of rotatable bonds is 2. The van der Waals surface area contributed by atoms with Crippen LogP contribution < -0.4 is 5.73 Å². The van der Waals surface area contributed by atoms with Crippen molar-refractivity contribution >= 4 is 12.4 Å². The van der Waals surface area contributed by atoms with Crippen LogP contribution in [0.25, 0.3) is 0 Å². The second-order valence-electron chi connectivity index (χ2n) is 2.16. The highest BCUT2D eigenvalue weighted by Gasteiger charge is 2.27. The van der Waals surface area contributed by atoms with Crippen LogP contribution in [-0.4, -0.2) is 12.0 Å². The number of halogens is 3. The molecule has 0 aromatic rings. The van der Waals surface area contributed by atoms with Crippen molar-refractivity contribution in [3.63, 3.8) is 0 Å². The maximum atomic E-state index is 11.7. The third-order valence-corrected chi connectivity index (χ3v) is 1.26. The SMILES string of the molecule is CCC(C)(N)C(F)F.Cl. The van der Waals surface area contributed by atoms with Crippen molar-refractivity contribution in [2.75, 3.05) is 0 Å². The predicted molar refractivity (Wildman–Crippen MR) is 36.1 cm³/mol. The first-order chi connectivity index (χ1) is 3.50. The van der Waals surface area contributed by atoms with E-state index in [0.717, 1.165) is 0 Å². The quantitative estimate of drug-likeness (QED) is 0.654. The summed E-state index contributed by atoms with van der Waals surface area (Å²) in [5.41, 5.74) is 3.82. The lowest BCUT2D eigenvalue weighted by Gasteiger charge is -2.20. The summed E-state index contributed by atoms with van der Waals surface area (Å²) in [4.78, 5) is 0. The molecule has 0 saturated carbocycles. The second kappa shape index (κ2) is 4.01. The maximum absolute atomic E-state index is 11.7. The standard InChI is InChI=1S/C5H11F2N.ClH/c1-3-5(2,8)4(6)7;/h4H,3,8H2,1-2H3;1H. The van der Waals surface area contributed by atoms with Crippen molar-refractivity contribution < 1.29 is 8.78 Å². The summed E-state index contributed by atoms with van der Waals surface area (Å²) in [5.74, 6) is 0. The van der Waals surface area contributed by atoms with Crippen molar-refractivity contribution in [3.8, 4) is 0 Å². The fourth-order valence-corrected chi connectivity index (χ4v) is 0.154. The summed E-state index contributed by atoms with van der Waals surface area (Å²) >= 11 is 0. The van der Waals surface area contributed by atoms with E-state index in [2.05, 4.69) is 0 Å². The Kier molecular flexibility index (Phi) is 5.28. The molecule has 0 rings (SSSR count). The van der Waals surface area contributed by atoms with Crippen LogP contribution in [0.15, 0.2) is 0 Å². The summed E-state index contributed by atoms with van der Waals surface area (Å²) in [7, 11) is 0. The van der Waals surface area contributed by atoms with Gasteiger partial charge in [0.15, 0.2) is 0 Å². The van der Waals surface area contributed by atoms with E-state index in [9.17, 15) is 8.78 Å². The summed E-state index contributed by atoms with van der Waals surface area (Å²) < 4.78 is 23.4. The second-order valence-corrected chi connectivity index (χ2v) is 2.16. The Morgan fingerprint density at radius 3 is 1.89 bits per heavy atom. The molecule has 0 spiro atoms. The van der Waals surface area contributed by atoms with E-state index in [1.165, 1.54) is 6.92 Å². The predicted octanol–water partition coefficient (Wildman–Crippen LogP) is 1.80. The number of hydrogen-bond donors (Lipinski definition) is 1. The lowest BCUT2D eigenvalue weighted by atomic mass is 10.0. The molecule has 0 radical (unpaired) electrons. The molecule has 58 valence electrons. The highest BCUT2D eigenvalue weighted by atomic mass is 35.5. The molecule has 4 heteroatoms. The fourth-order valence-electron chi connectivity index (χ4n) is 0.154. The van der Waals surface area contributed by atoms with Gasteiger partial charge in [0.2, 0.25) is 0 Å². The Bertz CT molecular complexity index is 75.4. The zero-order chi connectivity index (χ0) is 6.78. The van der Waals surface area contributed by atoms with Crippen LogP contribution in [-0.2, 0) is 0 Å². The van der Waals surface area contributed by atoms with Gasteiger partial charge in [-0.25, -0.2) is 8.78 Å². The topological polar surface area (TPSA) is 26.0 Å². The van der Waals surface area contributed by atoms with Gasteiger partial charge >= 0.3 is 0 Å². The van der Waals surface area contributed by atoms with Gasteiger partial charge in [0.05, 0.1) is 5.54 Å². The number of nitrogens with two attached hydrogens (primary N) is 1. The molecule has 2 N–H and O–H groups in total. The van der Waals surface area contributed by atoms with Gasteiger partial charge in [0.25, 0.3) is 6.43 Å². The third-order valence-electron chi connectivity index (χ3n) is 1.26. The van der Waals surface area contributed by atoms with Crippen molar-refractivity contribution in [3.05, 3.63) is 0 Å². The number of hydrogen-bond acceptors (Lipinski definition) is 1. The van der Waals surface area contributed by atoms with Gasteiger partial charge in [0.1, 0.15) is 0 Å². The Labute approximate surface area is 60.0 Å². The van der Waals surface area contributed by atoms with Crippen LogP contribution in [0.3, 0.4) is 0 Å². The Morgan fingerprint density at radius 2 is 1.89 bits per heavy atom. The lowest BCUT2D eigenvalue weighted by molar-refractivity contribution is 0.0617. The van der Waals surface area contributed by atoms with Gasteiger partial charge in [-0.2, -0.15) is 0 Å². The van der Waals surface area contributed by atoms with Crippen LogP contribution in [0.2, 0.25) is 0 Å². The molecule has 1 nitrogen and oxygen atoms in total. The van der Waals surface area contributed by atoms with Gasteiger partial charge in [-0.1, -0.05) is 6.92 Å². The van der Waals surface area contributed by atoms with E-state index in [1.54, 1.807) is 6.92 Å². The maximum Gasteiger partial charge on any atom is 0.255 e. The third kappa shape index (κ3) is 3.65. The molecule has 0 aliphatic rings. The first-order valence-corrected chi connectivity index (χ1v) is 2.57. The minimum atomic E-state index is -2.41. The molecule has 9 heavy (non-hydrogen) atoms. The zero-order valence-electron chi connectivity index (χ0n) is 5.53.